The highest BCUT2D eigenvalue weighted by Gasteiger charge is 2.12. The van der Waals surface area contributed by atoms with E-state index in [9.17, 15) is 10.1 Å². The Morgan fingerprint density at radius 2 is 1.85 bits per heavy atom. The SMILES string of the molecule is O=[N+]([O-])c1ccc2nc(Sc3ccc(C=Nc4ccc5c(c4)oc4ccccc45)o3)sc2c1. The summed E-state index contributed by atoms with van der Waals surface area (Å²) in [7, 11) is 0. The molecule has 0 saturated carbocycles. The molecule has 0 atom stereocenters. The third kappa shape index (κ3) is 3.77. The van der Waals surface area contributed by atoms with Crippen molar-refractivity contribution in [3.05, 3.63) is 88.7 Å². The molecule has 0 aliphatic carbocycles. The summed E-state index contributed by atoms with van der Waals surface area (Å²) in [6, 6.07) is 22.1. The van der Waals surface area contributed by atoms with E-state index in [4.69, 9.17) is 8.83 Å². The number of hydrogen-bond donors (Lipinski definition) is 0. The predicted octanol–water partition coefficient (Wildman–Crippen LogP) is 7.60. The molecule has 0 N–H and O–H groups in total. The molecule has 3 heterocycles. The average Bonchev–Trinajstić information content (AvgIpc) is 3.53. The highest BCUT2D eigenvalue weighted by molar-refractivity contribution is 8.01. The smallest absolute Gasteiger partial charge is 0.270 e. The summed E-state index contributed by atoms with van der Waals surface area (Å²) < 4.78 is 13.3. The van der Waals surface area contributed by atoms with Gasteiger partial charge in [0.15, 0.2) is 9.43 Å². The zero-order valence-electron chi connectivity index (χ0n) is 16.8. The second-order valence-electron chi connectivity index (χ2n) is 7.18. The molecule has 0 saturated heterocycles. The molecule has 160 valence electrons. The number of aliphatic imine (C=N–C) groups is 1. The van der Waals surface area contributed by atoms with Crippen molar-refractivity contribution < 1.29 is 13.8 Å². The lowest BCUT2D eigenvalue weighted by Crippen LogP contribution is -1.85. The van der Waals surface area contributed by atoms with E-state index in [1.807, 2.05) is 54.6 Å². The van der Waals surface area contributed by atoms with Gasteiger partial charge in [-0.1, -0.05) is 18.2 Å². The first-order valence-corrected chi connectivity index (χ1v) is 11.5. The van der Waals surface area contributed by atoms with Gasteiger partial charge in [0.1, 0.15) is 16.9 Å². The normalized spacial score (nSPS) is 11.9. The molecular weight excluding hydrogens is 458 g/mol. The van der Waals surface area contributed by atoms with Crippen molar-refractivity contribution >= 4 is 72.8 Å². The number of fused-ring (bicyclic) bond motifs is 4. The third-order valence-electron chi connectivity index (χ3n) is 5.06. The van der Waals surface area contributed by atoms with E-state index in [-0.39, 0.29) is 5.69 Å². The second-order valence-corrected chi connectivity index (χ2v) is 9.47. The molecule has 33 heavy (non-hydrogen) atoms. The van der Waals surface area contributed by atoms with E-state index < -0.39 is 4.92 Å². The molecule has 0 unspecified atom stereocenters. The van der Waals surface area contributed by atoms with Gasteiger partial charge in [0.2, 0.25) is 0 Å². The van der Waals surface area contributed by atoms with Gasteiger partial charge in [0, 0.05) is 29.0 Å². The second kappa shape index (κ2) is 7.88. The molecule has 0 spiro atoms. The highest BCUT2D eigenvalue weighted by atomic mass is 32.2. The maximum Gasteiger partial charge on any atom is 0.270 e. The number of rotatable bonds is 5. The zero-order valence-corrected chi connectivity index (χ0v) is 18.4. The quantitative estimate of drug-likeness (QED) is 0.146. The average molecular weight is 472 g/mol. The standard InChI is InChI=1S/C24H13N3O4S2/c28-27(29)15-6-9-19-22(12-15)32-24(26-19)33-23-10-7-16(30-23)13-25-14-5-8-18-17-3-1-2-4-20(17)31-21(18)11-14/h1-13H. The Kier molecular flexibility index (Phi) is 4.70. The van der Waals surface area contributed by atoms with E-state index in [1.165, 1.54) is 35.2 Å². The van der Waals surface area contributed by atoms with E-state index in [0.29, 0.717) is 10.9 Å². The molecule has 3 aromatic carbocycles. The fraction of sp³-hybridized carbons (Fsp3) is 0. The number of hydrogen-bond acceptors (Lipinski definition) is 8. The molecule has 0 amide bonds. The lowest BCUT2D eigenvalue weighted by molar-refractivity contribution is -0.384. The van der Waals surface area contributed by atoms with E-state index in [2.05, 4.69) is 9.98 Å². The lowest BCUT2D eigenvalue weighted by Gasteiger charge is -1.94. The van der Waals surface area contributed by atoms with Crippen LogP contribution in [0.3, 0.4) is 0 Å². The van der Waals surface area contributed by atoms with Crippen LogP contribution in [0.25, 0.3) is 32.2 Å². The Bertz CT molecular complexity index is 1700. The maximum atomic E-state index is 11.0. The molecule has 3 aromatic heterocycles. The van der Waals surface area contributed by atoms with Gasteiger partial charge in [-0.3, -0.25) is 15.1 Å². The monoisotopic (exact) mass is 471 g/mol. The van der Waals surface area contributed by atoms with E-state index >= 15 is 0 Å². The van der Waals surface area contributed by atoms with Crippen molar-refractivity contribution in [1.82, 2.24) is 4.98 Å². The summed E-state index contributed by atoms with van der Waals surface area (Å²) in [5.41, 5.74) is 3.19. The largest absolute Gasteiger partial charge is 0.456 e. The summed E-state index contributed by atoms with van der Waals surface area (Å²) in [5.74, 6) is 0.610. The van der Waals surface area contributed by atoms with Gasteiger partial charge < -0.3 is 8.83 Å². The van der Waals surface area contributed by atoms with Gasteiger partial charge in [-0.2, -0.15) is 0 Å². The molecule has 9 heteroatoms. The fourth-order valence-corrected chi connectivity index (χ4v) is 5.53. The molecule has 6 aromatic rings. The molecule has 0 radical (unpaired) electrons. The van der Waals surface area contributed by atoms with Crippen molar-refractivity contribution in [2.75, 3.05) is 0 Å². The molecular formula is C24H13N3O4S2. The lowest BCUT2D eigenvalue weighted by atomic mass is 10.1. The Morgan fingerprint density at radius 3 is 2.76 bits per heavy atom. The van der Waals surface area contributed by atoms with Crippen molar-refractivity contribution in [1.29, 1.82) is 0 Å². The van der Waals surface area contributed by atoms with Crippen LogP contribution in [0.2, 0.25) is 0 Å². The van der Waals surface area contributed by atoms with Crippen LogP contribution in [0, 0.1) is 10.1 Å². The topological polar surface area (TPSA) is 94.7 Å². The van der Waals surface area contributed by atoms with Gasteiger partial charge in [-0.25, -0.2) is 4.98 Å². The van der Waals surface area contributed by atoms with Crippen LogP contribution in [0.1, 0.15) is 5.76 Å². The van der Waals surface area contributed by atoms with Gasteiger partial charge in [0.05, 0.1) is 27.0 Å². The van der Waals surface area contributed by atoms with Crippen molar-refractivity contribution in [3.63, 3.8) is 0 Å². The molecule has 0 aliphatic rings. The molecule has 0 aliphatic heterocycles. The molecule has 7 nitrogen and oxygen atoms in total. The number of thiazole rings is 1. The summed E-state index contributed by atoms with van der Waals surface area (Å²) in [6.07, 6.45) is 1.66. The number of para-hydroxylation sites is 1. The number of nitro groups is 1. The molecule has 0 bridgehead atoms. The highest BCUT2D eigenvalue weighted by Crippen LogP contribution is 2.36. The Labute approximate surface area is 194 Å². The van der Waals surface area contributed by atoms with Crippen molar-refractivity contribution in [2.24, 2.45) is 4.99 Å². The number of nitrogens with zero attached hydrogens (tertiary/aromatic N) is 3. The third-order valence-corrected chi connectivity index (χ3v) is 7.06. The van der Waals surface area contributed by atoms with Gasteiger partial charge in [-0.15, -0.1) is 11.3 Å². The Hall–Kier alpha value is -3.95. The van der Waals surface area contributed by atoms with Crippen LogP contribution in [-0.4, -0.2) is 16.1 Å². The fourth-order valence-electron chi connectivity index (χ4n) is 3.53. The minimum absolute atomic E-state index is 0.0556. The minimum atomic E-state index is -0.407. The van der Waals surface area contributed by atoms with Gasteiger partial charge in [-0.05, 0) is 48.2 Å². The maximum absolute atomic E-state index is 11.0. The number of furan rings is 2. The molecule has 6 rings (SSSR count). The number of nitro benzene ring substituents is 1. The molecule has 0 fully saturated rings. The van der Waals surface area contributed by atoms with Gasteiger partial charge in [0.25, 0.3) is 5.69 Å². The van der Waals surface area contributed by atoms with Crippen molar-refractivity contribution in [2.45, 2.75) is 9.43 Å². The van der Waals surface area contributed by atoms with E-state index in [1.54, 1.807) is 12.3 Å². The first kappa shape index (κ1) is 19.7. The van der Waals surface area contributed by atoms with Crippen LogP contribution in [0.15, 0.2) is 96.1 Å². The van der Waals surface area contributed by atoms with Crippen LogP contribution < -0.4 is 0 Å². The predicted molar refractivity (Wildman–Crippen MR) is 130 cm³/mol. The first-order valence-electron chi connectivity index (χ1n) is 9.90. The van der Waals surface area contributed by atoms with Gasteiger partial charge >= 0.3 is 0 Å². The van der Waals surface area contributed by atoms with Crippen molar-refractivity contribution in [3.8, 4) is 0 Å². The van der Waals surface area contributed by atoms with Crippen LogP contribution in [0.5, 0.6) is 0 Å². The Balaban J connectivity index is 1.21. The van der Waals surface area contributed by atoms with Crippen LogP contribution in [-0.2, 0) is 0 Å². The summed E-state index contributed by atoms with van der Waals surface area (Å²) in [5, 5.41) is 13.8. The number of aromatic nitrogens is 1. The first-order chi connectivity index (χ1) is 16.1. The van der Waals surface area contributed by atoms with Crippen LogP contribution in [0.4, 0.5) is 11.4 Å². The zero-order chi connectivity index (χ0) is 22.4. The minimum Gasteiger partial charge on any atom is -0.456 e. The Morgan fingerprint density at radius 1 is 0.970 bits per heavy atom. The summed E-state index contributed by atoms with van der Waals surface area (Å²) >= 11 is 2.76. The van der Waals surface area contributed by atoms with Crippen LogP contribution >= 0.6 is 23.1 Å². The summed E-state index contributed by atoms with van der Waals surface area (Å²) in [4.78, 5) is 19.6. The summed E-state index contributed by atoms with van der Waals surface area (Å²) in [6.45, 7) is 0. The number of non-ortho nitro benzene ring substituents is 1. The number of benzene rings is 3. The van der Waals surface area contributed by atoms with E-state index in [0.717, 1.165) is 42.2 Å².